The third kappa shape index (κ3) is 4.44. The normalized spacial score (nSPS) is 10.2. The van der Waals surface area contributed by atoms with Crippen LogP contribution >= 0.6 is 0 Å². The van der Waals surface area contributed by atoms with Crippen LogP contribution < -0.4 is 16.0 Å². The summed E-state index contributed by atoms with van der Waals surface area (Å²) in [6, 6.07) is 16.3. The summed E-state index contributed by atoms with van der Waals surface area (Å²) < 4.78 is 1.61. The Hall–Kier alpha value is -3.68. The lowest BCUT2D eigenvalue weighted by Crippen LogP contribution is -2.24. The Kier molecular flexibility index (Phi) is 5.23. The summed E-state index contributed by atoms with van der Waals surface area (Å²) >= 11 is 0. The average Bonchev–Trinajstić information content (AvgIpc) is 3.12. The van der Waals surface area contributed by atoms with Gasteiger partial charge in [-0.1, -0.05) is 35.5 Å². The Morgan fingerprint density at radius 3 is 2.27 bits per heavy atom. The van der Waals surface area contributed by atoms with E-state index in [-0.39, 0.29) is 17.6 Å². The predicted molar refractivity (Wildman–Crippen MR) is 98.0 cm³/mol. The van der Waals surface area contributed by atoms with E-state index in [0.717, 1.165) is 5.56 Å². The number of carbonyl (C=O) groups excluding carboxylic acids is 2. The number of benzene rings is 2. The minimum absolute atomic E-state index is 0.230. The lowest BCUT2D eigenvalue weighted by Gasteiger charge is -2.06. The van der Waals surface area contributed by atoms with Crippen LogP contribution in [-0.4, -0.2) is 34.0 Å². The van der Waals surface area contributed by atoms with E-state index >= 15 is 0 Å². The third-order valence-corrected chi connectivity index (χ3v) is 3.59. The van der Waals surface area contributed by atoms with Gasteiger partial charge in [0, 0.05) is 18.4 Å². The number of anilines is 2. The second kappa shape index (κ2) is 7.93. The molecule has 0 bridgehead atoms. The standard InChI is InChI=1S/C18H18N6O2/c1-19-18(26)21-15-9-7-14(8-10-15)20-17(25)16-12-24(23-22-16)11-13-5-3-2-4-6-13/h2-10,12H,11H2,1H3,(H,20,25)(H2,19,21,26). The number of amides is 3. The van der Waals surface area contributed by atoms with Crippen molar-refractivity contribution in [2.24, 2.45) is 0 Å². The fourth-order valence-electron chi connectivity index (χ4n) is 2.28. The molecule has 3 N–H and O–H groups in total. The number of nitrogens with zero attached hydrogens (tertiary/aromatic N) is 3. The first-order chi connectivity index (χ1) is 12.6. The largest absolute Gasteiger partial charge is 0.341 e. The van der Waals surface area contributed by atoms with E-state index < -0.39 is 0 Å². The Morgan fingerprint density at radius 1 is 0.962 bits per heavy atom. The minimum atomic E-state index is -0.351. The second-order valence-electron chi connectivity index (χ2n) is 5.52. The lowest BCUT2D eigenvalue weighted by atomic mass is 10.2. The summed E-state index contributed by atoms with van der Waals surface area (Å²) in [5, 5.41) is 15.7. The van der Waals surface area contributed by atoms with Crippen molar-refractivity contribution in [3.05, 3.63) is 72.1 Å². The molecule has 0 spiro atoms. The van der Waals surface area contributed by atoms with Gasteiger partial charge in [-0.05, 0) is 29.8 Å². The van der Waals surface area contributed by atoms with Gasteiger partial charge in [0.25, 0.3) is 5.91 Å². The Bertz CT molecular complexity index is 890. The van der Waals surface area contributed by atoms with Crippen molar-refractivity contribution >= 4 is 23.3 Å². The molecule has 8 nitrogen and oxygen atoms in total. The first kappa shape index (κ1) is 17.2. The first-order valence-electron chi connectivity index (χ1n) is 7.98. The monoisotopic (exact) mass is 350 g/mol. The zero-order valence-electron chi connectivity index (χ0n) is 14.1. The van der Waals surface area contributed by atoms with Crippen molar-refractivity contribution in [3.8, 4) is 0 Å². The summed E-state index contributed by atoms with van der Waals surface area (Å²) in [5.41, 5.74) is 2.52. The molecule has 1 aromatic heterocycles. The molecular formula is C18H18N6O2. The van der Waals surface area contributed by atoms with Crippen molar-refractivity contribution in [2.75, 3.05) is 17.7 Å². The van der Waals surface area contributed by atoms with Gasteiger partial charge in [-0.25, -0.2) is 9.48 Å². The number of hydrogen-bond donors (Lipinski definition) is 3. The Labute approximate surface area is 150 Å². The zero-order valence-corrected chi connectivity index (χ0v) is 14.1. The van der Waals surface area contributed by atoms with Crippen LogP contribution in [0.5, 0.6) is 0 Å². The molecule has 0 fully saturated rings. The molecule has 0 aliphatic heterocycles. The van der Waals surface area contributed by atoms with Crippen molar-refractivity contribution in [2.45, 2.75) is 6.54 Å². The van der Waals surface area contributed by atoms with Crippen LogP contribution in [0.3, 0.4) is 0 Å². The van der Waals surface area contributed by atoms with Crippen molar-refractivity contribution < 1.29 is 9.59 Å². The molecule has 3 aromatic rings. The van der Waals surface area contributed by atoms with Crippen molar-refractivity contribution in [3.63, 3.8) is 0 Å². The molecule has 0 radical (unpaired) electrons. The number of aromatic nitrogens is 3. The summed E-state index contributed by atoms with van der Waals surface area (Å²) in [5.74, 6) is -0.351. The molecule has 132 valence electrons. The first-order valence-corrected chi connectivity index (χ1v) is 7.98. The quantitative estimate of drug-likeness (QED) is 0.657. The van der Waals surface area contributed by atoms with E-state index in [0.29, 0.717) is 17.9 Å². The number of hydrogen-bond acceptors (Lipinski definition) is 4. The van der Waals surface area contributed by atoms with Crippen LogP contribution in [0, 0.1) is 0 Å². The number of nitrogens with one attached hydrogen (secondary N) is 3. The molecule has 0 aliphatic rings. The molecule has 0 unspecified atom stereocenters. The summed E-state index contributed by atoms with van der Waals surface area (Å²) in [7, 11) is 1.54. The fourth-order valence-corrected chi connectivity index (χ4v) is 2.28. The van der Waals surface area contributed by atoms with Crippen LogP contribution in [0.15, 0.2) is 60.8 Å². The highest BCUT2D eigenvalue weighted by molar-refractivity contribution is 6.02. The lowest BCUT2D eigenvalue weighted by molar-refractivity contribution is 0.102. The zero-order chi connectivity index (χ0) is 18.4. The maximum Gasteiger partial charge on any atom is 0.318 e. The van der Waals surface area contributed by atoms with E-state index in [2.05, 4.69) is 26.3 Å². The molecule has 26 heavy (non-hydrogen) atoms. The summed E-state index contributed by atoms with van der Waals surface area (Å²) in [4.78, 5) is 23.5. The molecule has 0 atom stereocenters. The maximum atomic E-state index is 12.3. The Morgan fingerprint density at radius 2 is 1.62 bits per heavy atom. The highest BCUT2D eigenvalue weighted by atomic mass is 16.2. The number of rotatable bonds is 5. The van der Waals surface area contributed by atoms with Gasteiger partial charge in [0.15, 0.2) is 5.69 Å². The maximum absolute atomic E-state index is 12.3. The van der Waals surface area contributed by atoms with Gasteiger partial charge in [0.05, 0.1) is 12.7 Å². The highest BCUT2D eigenvalue weighted by Crippen LogP contribution is 2.14. The molecule has 0 aliphatic carbocycles. The summed E-state index contributed by atoms with van der Waals surface area (Å²) in [6.45, 7) is 0.543. The van der Waals surface area contributed by atoms with E-state index in [4.69, 9.17) is 0 Å². The van der Waals surface area contributed by atoms with Gasteiger partial charge in [-0.15, -0.1) is 5.10 Å². The molecule has 2 aromatic carbocycles. The van der Waals surface area contributed by atoms with Crippen molar-refractivity contribution in [1.29, 1.82) is 0 Å². The van der Waals surface area contributed by atoms with Crippen LogP contribution in [0.1, 0.15) is 16.1 Å². The van der Waals surface area contributed by atoms with Crippen LogP contribution in [0.2, 0.25) is 0 Å². The third-order valence-electron chi connectivity index (χ3n) is 3.59. The SMILES string of the molecule is CNC(=O)Nc1ccc(NC(=O)c2cn(Cc3ccccc3)nn2)cc1. The van der Waals surface area contributed by atoms with Crippen molar-refractivity contribution in [1.82, 2.24) is 20.3 Å². The highest BCUT2D eigenvalue weighted by Gasteiger charge is 2.11. The van der Waals surface area contributed by atoms with Gasteiger partial charge < -0.3 is 16.0 Å². The van der Waals surface area contributed by atoms with Gasteiger partial charge in [-0.2, -0.15) is 0 Å². The molecule has 3 amide bonds. The molecule has 8 heteroatoms. The minimum Gasteiger partial charge on any atom is -0.341 e. The van der Waals surface area contributed by atoms with Crippen LogP contribution in [0.25, 0.3) is 0 Å². The molecule has 0 saturated heterocycles. The van der Waals surface area contributed by atoms with E-state index in [1.807, 2.05) is 30.3 Å². The van der Waals surface area contributed by atoms with Gasteiger partial charge >= 0.3 is 6.03 Å². The second-order valence-corrected chi connectivity index (χ2v) is 5.52. The smallest absolute Gasteiger partial charge is 0.318 e. The average molecular weight is 350 g/mol. The molecular weight excluding hydrogens is 332 g/mol. The number of urea groups is 1. The summed E-state index contributed by atoms with van der Waals surface area (Å²) in [6.07, 6.45) is 1.60. The molecule has 1 heterocycles. The predicted octanol–water partition coefficient (Wildman–Crippen LogP) is 2.33. The fraction of sp³-hybridized carbons (Fsp3) is 0.111. The van der Waals surface area contributed by atoms with Gasteiger partial charge in [0.1, 0.15) is 0 Å². The topological polar surface area (TPSA) is 101 Å². The van der Waals surface area contributed by atoms with E-state index in [9.17, 15) is 9.59 Å². The van der Waals surface area contributed by atoms with Gasteiger partial charge in [-0.3, -0.25) is 4.79 Å². The Balaban J connectivity index is 1.60. The van der Waals surface area contributed by atoms with Gasteiger partial charge in [0.2, 0.25) is 0 Å². The molecule has 3 rings (SSSR count). The number of carbonyl (C=O) groups is 2. The van der Waals surface area contributed by atoms with Crippen LogP contribution in [0.4, 0.5) is 16.2 Å². The van der Waals surface area contributed by atoms with E-state index in [1.165, 1.54) is 7.05 Å². The van der Waals surface area contributed by atoms with Crippen LogP contribution in [-0.2, 0) is 6.54 Å². The molecule has 0 saturated carbocycles. The van der Waals surface area contributed by atoms with E-state index in [1.54, 1.807) is 35.1 Å².